The summed E-state index contributed by atoms with van der Waals surface area (Å²) in [6, 6.07) is 12.1. The lowest BCUT2D eigenvalue weighted by Gasteiger charge is -2.20. The van der Waals surface area contributed by atoms with Crippen molar-refractivity contribution in [2.45, 2.75) is 45.7 Å². The first kappa shape index (κ1) is 19.6. The molecule has 1 fully saturated rings. The number of amides is 1. The van der Waals surface area contributed by atoms with Gasteiger partial charge in [-0.3, -0.25) is 14.5 Å². The summed E-state index contributed by atoms with van der Waals surface area (Å²) in [5, 5.41) is 8.93. The molecule has 1 amide bonds. The van der Waals surface area contributed by atoms with E-state index in [-0.39, 0.29) is 23.8 Å². The van der Waals surface area contributed by atoms with E-state index >= 15 is 0 Å². The number of hydrogen-bond acceptors (Lipinski definition) is 4. The number of ether oxygens (including phenoxy) is 1. The Morgan fingerprint density at radius 2 is 2.10 bits per heavy atom. The standard InChI is InChI=1S/C23H28N4O2/c1-4-27-22(12-20(26-27)15(2)3)23(28)25-21-14-29-13-17(21)11-16-9-10-24-19-8-6-5-7-18(16)19/h5-10,12,15,17,21H,4,11,13-14H2,1-3H3,(H,25,28). The fourth-order valence-corrected chi connectivity index (χ4v) is 3.96. The molecule has 0 saturated carbocycles. The van der Waals surface area contributed by atoms with E-state index in [1.54, 1.807) is 4.68 Å². The molecule has 0 bridgehead atoms. The van der Waals surface area contributed by atoms with Crippen molar-refractivity contribution in [3.63, 3.8) is 0 Å². The molecule has 152 valence electrons. The second-order valence-corrected chi connectivity index (χ2v) is 7.99. The minimum absolute atomic E-state index is 0.0165. The molecule has 0 aliphatic carbocycles. The third-order valence-electron chi connectivity index (χ3n) is 5.66. The Bertz CT molecular complexity index is 1010. The van der Waals surface area contributed by atoms with Gasteiger partial charge in [-0.2, -0.15) is 5.10 Å². The highest BCUT2D eigenvalue weighted by molar-refractivity contribution is 5.93. The summed E-state index contributed by atoms with van der Waals surface area (Å²) in [7, 11) is 0. The van der Waals surface area contributed by atoms with Gasteiger partial charge in [-0.1, -0.05) is 32.0 Å². The van der Waals surface area contributed by atoms with Crippen molar-refractivity contribution in [2.75, 3.05) is 13.2 Å². The molecule has 6 nitrogen and oxygen atoms in total. The maximum atomic E-state index is 13.0. The van der Waals surface area contributed by atoms with Crippen molar-refractivity contribution < 1.29 is 9.53 Å². The van der Waals surface area contributed by atoms with Crippen LogP contribution in [0.4, 0.5) is 0 Å². The van der Waals surface area contributed by atoms with Gasteiger partial charge in [0.05, 0.1) is 30.5 Å². The van der Waals surface area contributed by atoms with Crippen LogP contribution in [-0.2, 0) is 17.7 Å². The summed E-state index contributed by atoms with van der Waals surface area (Å²) < 4.78 is 7.52. The maximum absolute atomic E-state index is 13.0. The highest BCUT2D eigenvalue weighted by Crippen LogP contribution is 2.24. The first-order valence-electron chi connectivity index (χ1n) is 10.4. The number of aromatic nitrogens is 3. The van der Waals surface area contributed by atoms with E-state index in [9.17, 15) is 4.79 Å². The molecular weight excluding hydrogens is 364 g/mol. The molecular formula is C23H28N4O2. The molecule has 1 aliphatic rings. The lowest BCUT2D eigenvalue weighted by atomic mass is 9.93. The highest BCUT2D eigenvalue weighted by Gasteiger charge is 2.31. The van der Waals surface area contributed by atoms with Crippen LogP contribution >= 0.6 is 0 Å². The molecule has 3 aromatic rings. The predicted molar refractivity (Wildman–Crippen MR) is 113 cm³/mol. The number of carbonyl (C=O) groups is 1. The van der Waals surface area contributed by atoms with E-state index < -0.39 is 0 Å². The minimum atomic E-state index is -0.0775. The molecule has 0 spiro atoms. The molecule has 1 N–H and O–H groups in total. The lowest BCUT2D eigenvalue weighted by Crippen LogP contribution is -2.41. The number of aryl methyl sites for hydroxylation is 1. The summed E-state index contributed by atoms with van der Waals surface area (Å²) in [5.41, 5.74) is 3.80. The van der Waals surface area contributed by atoms with E-state index in [2.05, 4.69) is 41.4 Å². The molecule has 3 heterocycles. The summed E-state index contributed by atoms with van der Waals surface area (Å²) >= 11 is 0. The average Bonchev–Trinajstić information content (AvgIpc) is 3.35. The lowest BCUT2D eigenvalue weighted by molar-refractivity contribution is 0.0914. The number of carbonyl (C=O) groups excluding carboxylic acids is 1. The fourth-order valence-electron chi connectivity index (χ4n) is 3.96. The van der Waals surface area contributed by atoms with Gasteiger partial charge in [-0.05, 0) is 43.0 Å². The molecule has 2 atom stereocenters. The van der Waals surface area contributed by atoms with Crippen molar-refractivity contribution in [3.8, 4) is 0 Å². The van der Waals surface area contributed by atoms with Gasteiger partial charge in [0.2, 0.25) is 0 Å². The van der Waals surface area contributed by atoms with Crippen LogP contribution in [0.15, 0.2) is 42.6 Å². The molecule has 4 rings (SSSR count). The predicted octanol–water partition coefficient (Wildman–Crippen LogP) is 3.56. The average molecular weight is 393 g/mol. The van der Waals surface area contributed by atoms with Gasteiger partial charge in [0, 0.05) is 24.0 Å². The quantitative estimate of drug-likeness (QED) is 0.696. The first-order chi connectivity index (χ1) is 14.1. The van der Waals surface area contributed by atoms with Crippen LogP contribution in [0.3, 0.4) is 0 Å². The Labute approximate surface area is 171 Å². The number of nitrogens with zero attached hydrogens (tertiary/aromatic N) is 3. The van der Waals surface area contributed by atoms with Crippen LogP contribution in [0.2, 0.25) is 0 Å². The Kier molecular flexibility index (Phi) is 5.62. The van der Waals surface area contributed by atoms with Crippen molar-refractivity contribution in [1.82, 2.24) is 20.1 Å². The Morgan fingerprint density at radius 1 is 1.28 bits per heavy atom. The molecule has 1 saturated heterocycles. The molecule has 2 aromatic heterocycles. The largest absolute Gasteiger partial charge is 0.379 e. The second kappa shape index (κ2) is 8.33. The molecule has 2 unspecified atom stereocenters. The number of hydrogen-bond donors (Lipinski definition) is 1. The molecule has 1 aromatic carbocycles. The zero-order chi connectivity index (χ0) is 20.4. The zero-order valence-electron chi connectivity index (χ0n) is 17.3. The monoisotopic (exact) mass is 392 g/mol. The topological polar surface area (TPSA) is 69.0 Å². The van der Waals surface area contributed by atoms with Gasteiger partial charge < -0.3 is 10.1 Å². The van der Waals surface area contributed by atoms with E-state index in [4.69, 9.17) is 4.74 Å². The van der Waals surface area contributed by atoms with E-state index in [0.717, 1.165) is 23.0 Å². The smallest absolute Gasteiger partial charge is 0.269 e. The van der Waals surface area contributed by atoms with Crippen LogP contribution in [0.5, 0.6) is 0 Å². The van der Waals surface area contributed by atoms with Gasteiger partial charge in [-0.25, -0.2) is 0 Å². The van der Waals surface area contributed by atoms with Gasteiger partial charge in [0.15, 0.2) is 0 Å². The summed E-state index contributed by atoms with van der Waals surface area (Å²) in [6.45, 7) is 8.03. The summed E-state index contributed by atoms with van der Waals surface area (Å²) in [6.07, 6.45) is 2.70. The number of rotatable bonds is 6. The summed E-state index contributed by atoms with van der Waals surface area (Å²) in [5.74, 6) is 0.440. The number of fused-ring (bicyclic) bond motifs is 1. The fraction of sp³-hybridized carbons (Fsp3) is 0.435. The summed E-state index contributed by atoms with van der Waals surface area (Å²) in [4.78, 5) is 17.4. The van der Waals surface area contributed by atoms with E-state index in [1.807, 2.05) is 37.4 Å². The Morgan fingerprint density at radius 3 is 2.90 bits per heavy atom. The number of benzene rings is 1. The zero-order valence-corrected chi connectivity index (χ0v) is 17.3. The number of nitrogens with one attached hydrogen (secondary N) is 1. The van der Waals surface area contributed by atoms with Crippen LogP contribution in [0.25, 0.3) is 10.9 Å². The Hall–Kier alpha value is -2.73. The van der Waals surface area contributed by atoms with Crippen molar-refractivity contribution in [2.24, 2.45) is 5.92 Å². The number of para-hydroxylation sites is 1. The van der Waals surface area contributed by atoms with Gasteiger partial charge in [0.1, 0.15) is 5.69 Å². The third-order valence-corrected chi connectivity index (χ3v) is 5.66. The molecule has 29 heavy (non-hydrogen) atoms. The van der Waals surface area contributed by atoms with Gasteiger partial charge >= 0.3 is 0 Å². The van der Waals surface area contributed by atoms with Gasteiger partial charge in [0.25, 0.3) is 5.91 Å². The molecule has 0 radical (unpaired) electrons. The first-order valence-corrected chi connectivity index (χ1v) is 10.4. The van der Waals surface area contributed by atoms with Crippen molar-refractivity contribution >= 4 is 16.8 Å². The SMILES string of the molecule is CCn1nc(C(C)C)cc1C(=O)NC1COCC1Cc1ccnc2ccccc12. The number of pyridine rings is 1. The van der Waals surface area contributed by atoms with E-state index in [1.165, 1.54) is 5.56 Å². The van der Waals surface area contributed by atoms with Gasteiger partial charge in [-0.15, -0.1) is 0 Å². The molecule has 1 aliphatic heterocycles. The minimum Gasteiger partial charge on any atom is -0.379 e. The molecule has 6 heteroatoms. The van der Waals surface area contributed by atoms with Crippen LogP contribution in [0.1, 0.15) is 48.4 Å². The normalized spacial score (nSPS) is 19.2. The second-order valence-electron chi connectivity index (χ2n) is 7.99. The van der Waals surface area contributed by atoms with E-state index in [0.29, 0.717) is 25.5 Å². The highest BCUT2D eigenvalue weighted by atomic mass is 16.5. The third kappa shape index (κ3) is 4.03. The van der Waals surface area contributed by atoms with Crippen LogP contribution in [0, 0.1) is 5.92 Å². The van der Waals surface area contributed by atoms with Crippen LogP contribution < -0.4 is 5.32 Å². The Balaban J connectivity index is 1.51. The van der Waals surface area contributed by atoms with Crippen molar-refractivity contribution in [3.05, 3.63) is 59.5 Å². The van der Waals surface area contributed by atoms with Crippen LogP contribution in [-0.4, -0.2) is 39.9 Å². The van der Waals surface area contributed by atoms with Crippen molar-refractivity contribution in [1.29, 1.82) is 0 Å². The maximum Gasteiger partial charge on any atom is 0.269 e.